The zero-order chi connectivity index (χ0) is 18.3. The van der Waals surface area contributed by atoms with Crippen LogP contribution in [0.2, 0.25) is 0 Å². The molecule has 3 aromatic rings. The zero-order valence-electron chi connectivity index (χ0n) is 15.1. The molecule has 26 heavy (non-hydrogen) atoms. The van der Waals surface area contributed by atoms with Crippen LogP contribution in [0, 0.1) is 13.8 Å². The van der Waals surface area contributed by atoms with Gasteiger partial charge in [-0.2, -0.15) is 0 Å². The quantitative estimate of drug-likeness (QED) is 0.698. The van der Waals surface area contributed by atoms with E-state index >= 15 is 0 Å². The molecule has 5 heteroatoms. The number of anilines is 1. The van der Waals surface area contributed by atoms with Crippen LogP contribution >= 0.6 is 0 Å². The van der Waals surface area contributed by atoms with Crippen LogP contribution in [0.15, 0.2) is 47.0 Å². The maximum absolute atomic E-state index is 13.2. The first-order valence-corrected chi connectivity index (χ1v) is 8.70. The summed E-state index contributed by atoms with van der Waals surface area (Å²) < 4.78 is 11.3. The molecular weight excluding hydrogens is 328 g/mol. The number of para-hydroxylation sites is 1. The van der Waals surface area contributed by atoms with E-state index in [9.17, 15) is 4.79 Å². The third-order valence-electron chi connectivity index (χ3n) is 4.86. The molecule has 1 aliphatic rings. The molecule has 2 heterocycles. The Kier molecular flexibility index (Phi) is 3.99. The van der Waals surface area contributed by atoms with E-state index in [1.54, 1.807) is 4.90 Å². The van der Waals surface area contributed by atoms with Crippen LogP contribution in [-0.2, 0) is 6.61 Å². The van der Waals surface area contributed by atoms with Crippen molar-refractivity contribution in [3.05, 3.63) is 64.8 Å². The van der Waals surface area contributed by atoms with Crippen LogP contribution in [-0.4, -0.2) is 17.6 Å². The minimum absolute atomic E-state index is 0.177. The smallest absolute Gasteiger partial charge is 0.280 e. The van der Waals surface area contributed by atoms with Gasteiger partial charge in [-0.25, -0.2) is 0 Å². The van der Waals surface area contributed by atoms with Gasteiger partial charge in [-0.1, -0.05) is 23.4 Å². The summed E-state index contributed by atoms with van der Waals surface area (Å²) in [5, 5.41) is 4.08. The fourth-order valence-corrected chi connectivity index (χ4v) is 3.22. The Morgan fingerprint density at radius 2 is 1.96 bits per heavy atom. The average Bonchev–Trinajstić information content (AvgIpc) is 3.09. The number of carbonyl (C=O) groups excluding carboxylic acids is 1. The number of fused-ring (bicyclic) bond motifs is 3. The number of benzene rings is 2. The molecule has 2 aromatic carbocycles. The summed E-state index contributed by atoms with van der Waals surface area (Å²) in [5.41, 5.74) is 5.05. The van der Waals surface area contributed by atoms with Gasteiger partial charge in [0.2, 0.25) is 0 Å². The van der Waals surface area contributed by atoms with E-state index in [1.807, 2.05) is 56.3 Å². The lowest BCUT2D eigenvalue weighted by Crippen LogP contribution is -2.32. The molecule has 132 valence electrons. The Bertz CT molecular complexity index is 991. The van der Waals surface area contributed by atoms with Crippen LogP contribution < -0.4 is 9.64 Å². The first-order valence-electron chi connectivity index (χ1n) is 8.70. The summed E-state index contributed by atoms with van der Waals surface area (Å²) >= 11 is 0. The number of ether oxygens (including phenoxy) is 1. The average molecular weight is 348 g/mol. The van der Waals surface area contributed by atoms with Crippen molar-refractivity contribution < 1.29 is 14.1 Å². The summed E-state index contributed by atoms with van der Waals surface area (Å²) in [6, 6.07) is 13.6. The standard InChI is InChI=1S/C21H20N2O3/c1-4-23(15-10-9-13(2)14(3)11-15)21(24)19-17-12-25-18-8-6-5-7-16(18)20(17)26-22-19/h5-11H,4,12H2,1-3H3. The van der Waals surface area contributed by atoms with E-state index in [0.29, 0.717) is 23.6 Å². The molecule has 4 rings (SSSR count). The van der Waals surface area contributed by atoms with Crippen molar-refractivity contribution in [2.75, 3.05) is 11.4 Å². The molecule has 0 unspecified atom stereocenters. The van der Waals surface area contributed by atoms with E-state index in [4.69, 9.17) is 9.26 Å². The molecule has 1 aliphatic heterocycles. The molecule has 5 nitrogen and oxygen atoms in total. The monoisotopic (exact) mass is 348 g/mol. The van der Waals surface area contributed by atoms with Gasteiger partial charge in [-0.05, 0) is 56.2 Å². The van der Waals surface area contributed by atoms with E-state index < -0.39 is 0 Å². The lowest BCUT2D eigenvalue weighted by atomic mass is 10.0. The van der Waals surface area contributed by atoms with Gasteiger partial charge < -0.3 is 14.2 Å². The van der Waals surface area contributed by atoms with Crippen LogP contribution in [0.5, 0.6) is 5.75 Å². The number of aromatic nitrogens is 1. The number of nitrogens with zero attached hydrogens (tertiary/aromatic N) is 2. The molecule has 1 amide bonds. The van der Waals surface area contributed by atoms with Gasteiger partial charge in [0.25, 0.3) is 5.91 Å². The summed E-state index contributed by atoms with van der Waals surface area (Å²) in [7, 11) is 0. The first kappa shape index (κ1) is 16.4. The molecule has 0 atom stereocenters. The van der Waals surface area contributed by atoms with Crippen molar-refractivity contribution in [3.63, 3.8) is 0 Å². The minimum atomic E-state index is -0.177. The van der Waals surface area contributed by atoms with E-state index in [-0.39, 0.29) is 12.5 Å². The highest BCUT2D eigenvalue weighted by Gasteiger charge is 2.31. The lowest BCUT2D eigenvalue weighted by molar-refractivity contribution is 0.0977. The van der Waals surface area contributed by atoms with Crippen molar-refractivity contribution in [2.24, 2.45) is 0 Å². The number of rotatable bonds is 3. The number of amides is 1. The Morgan fingerprint density at radius 3 is 2.73 bits per heavy atom. The maximum Gasteiger partial charge on any atom is 0.280 e. The molecule has 0 aliphatic carbocycles. The second-order valence-corrected chi connectivity index (χ2v) is 6.44. The zero-order valence-corrected chi connectivity index (χ0v) is 15.1. The molecule has 0 spiro atoms. The van der Waals surface area contributed by atoms with Gasteiger partial charge in [0.15, 0.2) is 11.5 Å². The van der Waals surface area contributed by atoms with Gasteiger partial charge in [-0.3, -0.25) is 4.79 Å². The second kappa shape index (κ2) is 6.33. The highest BCUT2D eigenvalue weighted by Crippen LogP contribution is 2.39. The van der Waals surface area contributed by atoms with E-state index in [2.05, 4.69) is 12.1 Å². The van der Waals surface area contributed by atoms with Crippen molar-refractivity contribution in [1.29, 1.82) is 0 Å². The van der Waals surface area contributed by atoms with Gasteiger partial charge in [0.1, 0.15) is 12.4 Å². The number of aryl methyl sites for hydroxylation is 2. The number of hydrogen-bond acceptors (Lipinski definition) is 4. The Morgan fingerprint density at radius 1 is 1.15 bits per heavy atom. The van der Waals surface area contributed by atoms with Gasteiger partial charge in [0.05, 0.1) is 11.1 Å². The molecule has 0 radical (unpaired) electrons. The second-order valence-electron chi connectivity index (χ2n) is 6.44. The number of carbonyl (C=O) groups is 1. The normalized spacial score (nSPS) is 12.1. The van der Waals surface area contributed by atoms with Gasteiger partial charge in [-0.15, -0.1) is 0 Å². The molecular formula is C21H20N2O3. The fraction of sp³-hybridized carbons (Fsp3) is 0.238. The summed E-state index contributed by atoms with van der Waals surface area (Å²) in [6.45, 7) is 6.87. The Labute approximate surface area is 152 Å². The van der Waals surface area contributed by atoms with E-state index in [0.717, 1.165) is 22.6 Å². The fourth-order valence-electron chi connectivity index (χ4n) is 3.22. The topological polar surface area (TPSA) is 55.6 Å². The largest absolute Gasteiger partial charge is 0.488 e. The Hall–Kier alpha value is -3.08. The lowest BCUT2D eigenvalue weighted by Gasteiger charge is -2.22. The third-order valence-corrected chi connectivity index (χ3v) is 4.86. The predicted octanol–water partition coefficient (Wildman–Crippen LogP) is 4.52. The summed E-state index contributed by atoms with van der Waals surface area (Å²) in [6.07, 6.45) is 0. The molecule has 0 N–H and O–H groups in total. The van der Waals surface area contributed by atoms with Crippen LogP contribution in [0.4, 0.5) is 5.69 Å². The molecule has 0 saturated carbocycles. The summed E-state index contributed by atoms with van der Waals surface area (Å²) in [4.78, 5) is 14.9. The number of hydrogen-bond donors (Lipinski definition) is 0. The van der Waals surface area contributed by atoms with Crippen molar-refractivity contribution in [3.8, 4) is 17.1 Å². The molecule has 0 bridgehead atoms. The molecule has 1 aromatic heterocycles. The highest BCUT2D eigenvalue weighted by atomic mass is 16.5. The SMILES string of the molecule is CCN(C(=O)c1noc2c1COc1ccccc1-2)c1ccc(C)c(C)c1. The molecule has 0 saturated heterocycles. The Balaban J connectivity index is 1.73. The van der Waals surface area contributed by atoms with Crippen LogP contribution in [0.3, 0.4) is 0 Å². The first-order chi connectivity index (χ1) is 12.6. The highest BCUT2D eigenvalue weighted by molar-refractivity contribution is 6.06. The van der Waals surface area contributed by atoms with E-state index in [1.165, 1.54) is 5.56 Å². The van der Waals surface area contributed by atoms with Crippen LogP contribution in [0.1, 0.15) is 34.1 Å². The third kappa shape index (κ3) is 2.56. The van der Waals surface area contributed by atoms with Crippen molar-refractivity contribution >= 4 is 11.6 Å². The summed E-state index contributed by atoms with van der Waals surface area (Å²) in [5.74, 6) is 1.19. The van der Waals surface area contributed by atoms with Crippen molar-refractivity contribution in [2.45, 2.75) is 27.4 Å². The van der Waals surface area contributed by atoms with Gasteiger partial charge >= 0.3 is 0 Å². The minimum Gasteiger partial charge on any atom is -0.488 e. The predicted molar refractivity (Wildman–Crippen MR) is 99.5 cm³/mol. The van der Waals surface area contributed by atoms with Crippen LogP contribution in [0.25, 0.3) is 11.3 Å². The molecule has 0 fully saturated rings. The maximum atomic E-state index is 13.2. The van der Waals surface area contributed by atoms with Crippen molar-refractivity contribution in [1.82, 2.24) is 5.16 Å². The van der Waals surface area contributed by atoms with Gasteiger partial charge in [0, 0.05) is 12.2 Å².